The van der Waals surface area contributed by atoms with Crippen LogP contribution in [0.2, 0.25) is 5.02 Å². The summed E-state index contributed by atoms with van der Waals surface area (Å²) in [5.74, 6) is -1.87. The number of hydrogen-bond donors (Lipinski definition) is 2. The molecule has 200 valence electrons. The molecule has 1 heterocycles. The van der Waals surface area contributed by atoms with Crippen LogP contribution in [0, 0.1) is 20.8 Å². The number of nitrogens with zero attached hydrogens (tertiary/aromatic N) is 1. The van der Waals surface area contributed by atoms with Gasteiger partial charge in [0.05, 0.1) is 10.2 Å². The van der Waals surface area contributed by atoms with Crippen molar-refractivity contribution in [3.8, 4) is 5.75 Å². The molecule has 5 amide bonds. The van der Waals surface area contributed by atoms with Gasteiger partial charge in [-0.05, 0) is 89.8 Å². The maximum Gasteiger partial charge on any atom is 0.335 e. The van der Waals surface area contributed by atoms with Crippen LogP contribution in [0.3, 0.4) is 0 Å². The lowest BCUT2D eigenvalue weighted by molar-refractivity contribution is -0.122. The number of anilines is 2. The number of nitrogens with one attached hydrogen (secondary N) is 2. The average molecular weight is 676 g/mol. The van der Waals surface area contributed by atoms with Gasteiger partial charge in [0.15, 0.2) is 6.61 Å². The highest BCUT2D eigenvalue weighted by molar-refractivity contribution is 9.11. The van der Waals surface area contributed by atoms with Crippen molar-refractivity contribution in [3.63, 3.8) is 0 Å². The molecule has 39 heavy (non-hydrogen) atoms. The molecule has 1 aliphatic rings. The molecule has 0 saturated carbocycles. The Morgan fingerprint density at radius 1 is 1.03 bits per heavy atom. The van der Waals surface area contributed by atoms with E-state index < -0.39 is 23.8 Å². The Morgan fingerprint density at radius 2 is 1.74 bits per heavy atom. The van der Waals surface area contributed by atoms with Crippen molar-refractivity contribution in [1.82, 2.24) is 5.32 Å². The average Bonchev–Trinajstić information content (AvgIpc) is 2.85. The Morgan fingerprint density at radius 3 is 2.46 bits per heavy atom. The Labute approximate surface area is 246 Å². The number of aryl methyl sites for hydroxylation is 3. The maximum absolute atomic E-state index is 13.4. The minimum Gasteiger partial charge on any atom is -0.482 e. The highest BCUT2D eigenvalue weighted by Gasteiger charge is 2.37. The van der Waals surface area contributed by atoms with Gasteiger partial charge in [-0.15, -0.1) is 0 Å². The Bertz CT molecular complexity index is 1570. The van der Waals surface area contributed by atoms with Crippen LogP contribution < -0.4 is 20.3 Å². The van der Waals surface area contributed by atoms with Crippen molar-refractivity contribution in [3.05, 3.63) is 90.3 Å². The van der Waals surface area contributed by atoms with Gasteiger partial charge in [0, 0.05) is 20.7 Å². The summed E-state index contributed by atoms with van der Waals surface area (Å²) in [6, 6.07) is 12.9. The lowest BCUT2D eigenvalue weighted by Crippen LogP contribution is -2.54. The van der Waals surface area contributed by atoms with Crippen molar-refractivity contribution in [2.24, 2.45) is 0 Å². The summed E-state index contributed by atoms with van der Waals surface area (Å²) in [7, 11) is 0. The molecule has 2 N–H and O–H groups in total. The van der Waals surface area contributed by atoms with Crippen LogP contribution in [0.5, 0.6) is 5.75 Å². The van der Waals surface area contributed by atoms with Crippen molar-refractivity contribution >= 4 is 84.7 Å². The Kier molecular flexibility index (Phi) is 8.58. The second-order valence-corrected chi connectivity index (χ2v) is 11.0. The van der Waals surface area contributed by atoms with Crippen LogP contribution in [0.15, 0.2) is 63.0 Å². The predicted molar refractivity (Wildman–Crippen MR) is 157 cm³/mol. The molecule has 11 heteroatoms. The second-order valence-electron chi connectivity index (χ2n) is 8.85. The topological polar surface area (TPSA) is 105 Å². The van der Waals surface area contributed by atoms with Gasteiger partial charge in [-0.2, -0.15) is 0 Å². The van der Waals surface area contributed by atoms with Crippen molar-refractivity contribution in [1.29, 1.82) is 0 Å². The summed E-state index contributed by atoms with van der Waals surface area (Å²) in [5.41, 5.74) is 3.57. The lowest BCUT2D eigenvalue weighted by Gasteiger charge is -2.26. The molecule has 8 nitrogen and oxygen atoms in total. The van der Waals surface area contributed by atoms with E-state index in [4.69, 9.17) is 16.3 Å². The number of ether oxygens (including phenoxy) is 1. The first-order valence-electron chi connectivity index (χ1n) is 11.6. The first kappa shape index (κ1) is 28.5. The zero-order valence-corrected chi connectivity index (χ0v) is 25.0. The van der Waals surface area contributed by atoms with Gasteiger partial charge in [0.2, 0.25) is 0 Å². The zero-order valence-electron chi connectivity index (χ0n) is 21.0. The number of carbonyl (C=O) groups is 4. The standard InChI is InChI=1S/C28H22Br2ClN3O5/c1-14-4-5-16(3)23(8-14)32-24(35)13-39-25-17(9-18(29)11-21(25)30)10-20-26(36)33-28(38)34(27(20)37)19-7-6-15(2)22(31)12-19/h4-12H,13H2,1-3H3,(H,32,35)(H,33,36,38)/b20-10+. The van der Waals surface area contributed by atoms with E-state index in [0.29, 0.717) is 25.2 Å². The van der Waals surface area contributed by atoms with Gasteiger partial charge in [-0.3, -0.25) is 19.7 Å². The number of carbonyl (C=O) groups excluding carboxylic acids is 4. The second kappa shape index (κ2) is 11.7. The summed E-state index contributed by atoms with van der Waals surface area (Å²) in [4.78, 5) is 52.2. The number of hydrogen-bond acceptors (Lipinski definition) is 5. The van der Waals surface area contributed by atoms with Crippen LogP contribution in [0.4, 0.5) is 16.2 Å². The first-order valence-corrected chi connectivity index (χ1v) is 13.6. The van der Waals surface area contributed by atoms with E-state index in [-0.39, 0.29) is 23.6 Å². The fraction of sp³-hybridized carbons (Fsp3) is 0.143. The molecule has 3 aromatic rings. The molecule has 0 aliphatic carbocycles. The number of halogens is 3. The van der Waals surface area contributed by atoms with Crippen LogP contribution in [-0.4, -0.2) is 30.4 Å². The third-order valence-electron chi connectivity index (χ3n) is 5.87. The molecule has 0 bridgehead atoms. The van der Waals surface area contributed by atoms with E-state index in [1.54, 1.807) is 31.2 Å². The van der Waals surface area contributed by atoms with E-state index in [2.05, 4.69) is 42.5 Å². The minimum absolute atomic E-state index is 0.210. The summed E-state index contributed by atoms with van der Waals surface area (Å²) in [6.07, 6.45) is 1.31. The summed E-state index contributed by atoms with van der Waals surface area (Å²) < 4.78 is 6.93. The Balaban J connectivity index is 1.64. The molecular weight excluding hydrogens is 654 g/mol. The largest absolute Gasteiger partial charge is 0.482 e. The molecule has 0 spiro atoms. The first-order chi connectivity index (χ1) is 18.4. The molecule has 1 aliphatic heterocycles. The van der Waals surface area contributed by atoms with Crippen LogP contribution in [0.1, 0.15) is 22.3 Å². The van der Waals surface area contributed by atoms with Crippen LogP contribution >= 0.6 is 43.5 Å². The van der Waals surface area contributed by atoms with Crippen LogP contribution in [-0.2, 0) is 14.4 Å². The molecule has 0 aromatic heterocycles. The minimum atomic E-state index is -0.892. The number of imide groups is 2. The third kappa shape index (κ3) is 6.41. The number of barbiturate groups is 1. The maximum atomic E-state index is 13.4. The lowest BCUT2D eigenvalue weighted by atomic mass is 10.1. The van der Waals surface area contributed by atoms with Crippen molar-refractivity contribution in [2.45, 2.75) is 20.8 Å². The van der Waals surface area contributed by atoms with E-state index in [9.17, 15) is 19.2 Å². The summed E-state index contributed by atoms with van der Waals surface area (Å²) in [5, 5.41) is 5.38. The fourth-order valence-corrected chi connectivity index (χ4v) is 5.35. The van der Waals surface area contributed by atoms with Gasteiger partial charge in [0.1, 0.15) is 11.3 Å². The molecule has 1 saturated heterocycles. The van der Waals surface area contributed by atoms with Gasteiger partial charge < -0.3 is 10.1 Å². The molecule has 4 rings (SSSR count). The number of amides is 5. The number of benzene rings is 3. The highest BCUT2D eigenvalue weighted by Crippen LogP contribution is 2.35. The normalized spacial score (nSPS) is 14.5. The number of rotatable bonds is 6. The molecule has 0 atom stereocenters. The fourth-order valence-electron chi connectivity index (χ4n) is 3.80. The number of urea groups is 1. The summed E-state index contributed by atoms with van der Waals surface area (Å²) >= 11 is 13.0. The quantitative estimate of drug-likeness (QED) is 0.230. The van der Waals surface area contributed by atoms with E-state index in [1.807, 2.05) is 32.0 Å². The van der Waals surface area contributed by atoms with E-state index in [0.717, 1.165) is 21.6 Å². The summed E-state index contributed by atoms with van der Waals surface area (Å²) in [6.45, 7) is 5.26. The van der Waals surface area contributed by atoms with Gasteiger partial charge >= 0.3 is 6.03 Å². The predicted octanol–water partition coefficient (Wildman–Crippen LogP) is 6.47. The molecule has 1 fully saturated rings. The van der Waals surface area contributed by atoms with Crippen molar-refractivity contribution in [2.75, 3.05) is 16.8 Å². The third-order valence-corrected chi connectivity index (χ3v) is 7.32. The molecule has 0 radical (unpaired) electrons. The van der Waals surface area contributed by atoms with Crippen molar-refractivity contribution < 1.29 is 23.9 Å². The van der Waals surface area contributed by atoms with Gasteiger partial charge in [-0.25, -0.2) is 9.69 Å². The monoisotopic (exact) mass is 673 g/mol. The Hall–Kier alpha value is -3.47. The van der Waals surface area contributed by atoms with E-state index >= 15 is 0 Å². The zero-order chi connectivity index (χ0) is 28.4. The molecular formula is C28H22Br2ClN3O5. The molecule has 0 unspecified atom stereocenters. The molecule has 3 aromatic carbocycles. The van der Waals surface area contributed by atoms with Crippen LogP contribution in [0.25, 0.3) is 6.08 Å². The SMILES string of the molecule is Cc1ccc(C)c(NC(=O)COc2c(Br)cc(Br)cc2/C=C2\C(=O)NC(=O)N(c3ccc(C)c(Cl)c3)C2=O)c1. The van der Waals surface area contributed by atoms with Gasteiger partial charge in [-0.1, -0.05) is 45.7 Å². The highest BCUT2D eigenvalue weighted by atomic mass is 79.9. The van der Waals surface area contributed by atoms with Gasteiger partial charge in [0.25, 0.3) is 17.7 Å². The smallest absolute Gasteiger partial charge is 0.335 e. The van der Waals surface area contributed by atoms with E-state index in [1.165, 1.54) is 12.1 Å².